The van der Waals surface area contributed by atoms with Gasteiger partial charge in [-0.2, -0.15) is 0 Å². The van der Waals surface area contributed by atoms with E-state index in [0.29, 0.717) is 28.1 Å². The zero-order valence-corrected chi connectivity index (χ0v) is 20.0. The monoisotopic (exact) mass is 480 g/mol. The Labute approximate surface area is 201 Å². The highest BCUT2D eigenvalue weighted by atomic mass is 32.1. The summed E-state index contributed by atoms with van der Waals surface area (Å²) in [5.74, 6) is -0.804. The molecule has 8 heteroatoms. The van der Waals surface area contributed by atoms with Gasteiger partial charge in [-0.05, 0) is 68.2 Å². The van der Waals surface area contributed by atoms with Crippen LogP contribution in [0.4, 0.5) is 5.00 Å². The Kier molecular flexibility index (Phi) is 6.52. The second-order valence-electron chi connectivity index (χ2n) is 8.87. The molecule has 0 radical (unpaired) electrons. The van der Waals surface area contributed by atoms with Crippen molar-refractivity contribution in [2.24, 2.45) is 0 Å². The average molecular weight is 481 g/mol. The van der Waals surface area contributed by atoms with E-state index in [4.69, 9.17) is 9.15 Å². The van der Waals surface area contributed by atoms with Crippen molar-refractivity contribution in [2.45, 2.75) is 58.0 Å². The van der Waals surface area contributed by atoms with E-state index >= 15 is 0 Å². The van der Waals surface area contributed by atoms with Crippen molar-refractivity contribution >= 4 is 39.1 Å². The Morgan fingerprint density at radius 3 is 2.76 bits per heavy atom. The van der Waals surface area contributed by atoms with Crippen LogP contribution in [0.15, 0.2) is 33.5 Å². The van der Waals surface area contributed by atoms with Gasteiger partial charge in [0.05, 0.1) is 17.1 Å². The highest BCUT2D eigenvalue weighted by Crippen LogP contribution is 2.38. The number of hydrogen-bond donors (Lipinski definition) is 2. The van der Waals surface area contributed by atoms with Gasteiger partial charge in [-0.3, -0.25) is 14.4 Å². The Bertz CT molecular complexity index is 1300. The topological polar surface area (TPSA) is 97.6 Å². The molecular weight excluding hydrogens is 452 g/mol. The van der Waals surface area contributed by atoms with Crippen LogP contribution in [-0.2, 0) is 24.0 Å². The second-order valence-corrected chi connectivity index (χ2v) is 9.98. The van der Waals surface area contributed by atoms with Crippen molar-refractivity contribution in [1.82, 2.24) is 5.32 Å². The number of carbonyl (C=O) groups is 2. The smallest absolute Gasteiger partial charge is 0.292 e. The SMILES string of the molecule is CCc1ccc2oc(C(=O)Nc3sc4c(c3C(=O)NC[C@H]3CCCO3)CCCC4)cc(=O)c2c1. The van der Waals surface area contributed by atoms with Gasteiger partial charge < -0.3 is 19.8 Å². The van der Waals surface area contributed by atoms with Gasteiger partial charge in [-0.1, -0.05) is 13.0 Å². The molecule has 7 nitrogen and oxygen atoms in total. The maximum atomic E-state index is 13.2. The van der Waals surface area contributed by atoms with Crippen LogP contribution in [0.1, 0.15) is 69.5 Å². The number of fused-ring (bicyclic) bond motifs is 2. The van der Waals surface area contributed by atoms with E-state index in [9.17, 15) is 14.4 Å². The minimum atomic E-state index is -0.537. The lowest BCUT2D eigenvalue weighted by molar-refractivity contribution is 0.0858. The van der Waals surface area contributed by atoms with Gasteiger partial charge in [0.15, 0.2) is 11.2 Å². The van der Waals surface area contributed by atoms with Crippen LogP contribution in [0.3, 0.4) is 0 Å². The van der Waals surface area contributed by atoms with E-state index in [1.54, 1.807) is 12.1 Å². The lowest BCUT2D eigenvalue weighted by Crippen LogP contribution is -2.32. The molecule has 0 bridgehead atoms. The molecule has 3 aromatic rings. The predicted octanol–water partition coefficient (Wildman–Crippen LogP) is 4.46. The Hall–Kier alpha value is -2.97. The van der Waals surface area contributed by atoms with Gasteiger partial charge in [0, 0.05) is 24.1 Å². The molecule has 2 amide bonds. The number of anilines is 1. The molecule has 1 aliphatic carbocycles. The fourth-order valence-corrected chi connectivity index (χ4v) is 5.98. The molecular formula is C26H28N2O5S. The molecule has 0 unspecified atom stereocenters. The van der Waals surface area contributed by atoms with E-state index < -0.39 is 5.91 Å². The third-order valence-corrected chi connectivity index (χ3v) is 7.77. The normalized spacial score (nSPS) is 17.5. The molecule has 2 aromatic heterocycles. The lowest BCUT2D eigenvalue weighted by atomic mass is 9.95. The second kappa shape index (κ2) is 9.72. The van der Waals surface area contributed by atoms with E-state index in [1.165, 1.54) is 17.4 Å². The van der Waals surface area contributed by atoms with Crippen molar-refractivity contribution in [1.29, 1.82) is 0 Å². The maximum absolute atomic E-state index is 13.2. The standard InChI is InChI=1S/C26H28N2O5S/c1-2-15-9-10-20-18(12-15)19(29)13-21(33-20)24(30)28-26-23(17-7-3-4-8-22(17)34-26)25(31)27-14-16-6-5-11-32-16/h9-10,12-13,16H,2-8,11,14H2,1H3,(H,27,31)(H,28,30)/t16-/m1/s1. The Morgan fingerprint density at radius 2 is 1.97 bits per heavy atom. The van der Waals surface area contributed by atoms with E-state index in [-0.39, 0.29) is 23.2 Å². The molecule has 1 aliphatic heterocycles. The molecule has 2 N–H and O–H groups in total. The fourth-order valence-electron chi connectivity index (χ4n) is 4.69. The quantitative estimate of drug-likeness (QED) is 0.543. The Morgan fingerprint density at radius 1 is 1.12 bits per heavy atom. The number of rotatable bonds is 6. The minimum absolute atomic E-state index is 0.0385. The van der Waals surface area contributed by atoms with Crippen molar-refractivity contribution < 1.29 is 18.7 Å². The third kappa shape index (κ3) is 4.52. The first kappa shape index (κ1) is 22.8. The number of ether oxygens (including phenoxy) is 1. The third-order valence-electron chi connectivity index (χ3n) is 6.56. The summed E-state index contributed by atoms with van der Waals surface area (Å²) in [5.41, 5.74) is 2.68. The van der Waals surface area contributed by atoms with Gasteiger partial charge in [-0.25, -0.2) is 0 Å². The van der Waals surface area contributed by atoms with E-state index in [2.05, 4.69) is 10.6 Å². The molecule has 1 atom stereocenters. The number of aryl methyl sites for hydroxylation is 2. The van der Waals surface area contributed by atoms with Crippen LogP contribution in [0.5, 0.6) is 0 Å². The predicted molar refractivity (Wildman–Crippen MR) is 132 cm³/mol. The first-order valence-electron chi connectivity index (χ1n) is 12.0. The van der Waals surface area contributed by atoms with Crippen LogP contribution in [0, 0.1) is 0 Å². The van der Waals surface area contributed by atoms with Gasteiger partial charge >= 0.3 is 0 Å². The molecule has 1 fully saturated rings. The fraction of sp³-hybridized carbons (Fsp3) is 0.423. The first-order chi connectivity index (χ1) is 16.5. The summed E-state index contributed by atoms with van der Waals surface area (Å²) in [4.78, 5) is 40.1. The maximum Gasteiger partial charge on any atom is 0.292 e. The van der Waals surface area contributed by atoms with Gasteiger partial charge in [0.25, 0.3) is 11.8 Å². The molecule has 34 heavy (non-hydrogen) atoms. The lowest BCUT2D eigenvalue weighted by Gasteiger charge is -2.15. The number of thiophene rings is 1. The van der Waals surface area contributed by atoms with Crippen molar-refractivity contribution in [3.63, 3.8) is 0 Å². The molecule has 0 saturated carbocycles. The van der Waals surface area contributed by atoms with E-state index in [0.717, 1.165) is 67.6 Å². The highest BCUT2D eigenvalue weighted by molar-refractivity contribution is 7.17. The van der Waals surface area contributed by atoms with Crippen molar-refractivity contribution in [3.05, 3.63) is 61.8 Å². The number of nitrogens with one attached hydrogen (secondary N) is 2. The van der Waals surface area contributed by atoms with E-state index in [1.807, 2.05) is 13.0 Å². The highest BCUT2D eigenvalue weighted by Gasteiger charge is 2.28. The molecule has 178 valence electrons. The van der Waals surface area contributed by atoms with Crippen LogP contribution in [-0.4, -0.2) is 31.1 Å². The Balaban J connectivity index is 1.42. The summed E-state index contributed by atoms with van der Waals surface area (Å²) in [6.07, 6.45) is 6.58. The minimum Gasteiger partial charge on any atom is -0.451 e. The van der Waals surface area contributed by atoms with Crippen LogP contribution in [0.25, 0.3) is 11.0 Å². The summed E-state index contributed by atoms with van der Waals surface area (Å²) < 4.78 is 11.4. The van der Waals surface area contributed by atoms with Gasteiger partial charge in [0.1, 0.15) is 10.6 Å². The molecule has 3 heterocycles. The largest absolute Gasteiger partial charge is 0.451 e. The van der Waals surface area contributed by atoms with Crippen LogP contribution < -0.4 is 16.1 Å². The summed E-state index contributed by atoms with van der Waals surface area (Å²) in [7, 11) is 0. The summed E-state index contributed by atoms with van der Waals surface area (Å²) in [6.45, 7) is 3.20. The number of hydrogen-bond acceptors (Lipinski definition) is 6. The zero-order valence-electron chi connectivity index (χ0n) is 19.2. The van der Waals surface area contributed by atoms with Gasteiger partial charge in [0.2, 0.25) is 0 Å². The van der Waals surface area contributed by atoms with Gasteiger partial charge in [-0.15, -0.1) is 11.3 Å². The number of benzene rings is 1. The van der Waals surface area contributed by atoms with Crippen molar-refractivity contribution in [2.75, 3.05) is 18.5 Å². The average Bonchev–Trinajstić information content (AvgIpc) is 3.49. The van der Waals surface area contributed by atoms with Crippen molar-refractivity contribution in [3.8, 4) is 0 Å². The molecule has 1 aromatic carbocycles. The molecule has 5 rings (SSSR count). The number of amides is 2. The summed E-state index contributed by atoms with van der Waals surface area (Å²) in [5, 5.41) is 6.82. The summed E-state index contributed by atoms with van der Waals surface area (Å²) in [6, 6.07) is 6.63. The first-order valence-corrected chi connectivity index (χ1v) is 12.8. The van der Waals surface area contributed by atoms with Crippen LogP contribution in [0.2, 0.25) is 0 Å². The molecule has 2 aliphatic rings. The zero-order chi connectivity index (χ0) is 23.7. The van der Waals surface area contributed by atoms with Crippen LogP contribution >= 0.6 is 11.3 Å². The number of carbonyl (C=O) groups excluding carboxylic acids is 2. The molecule has 0 spiro atoms. The molecule has 1 saturated heterocycles. The summed E-state index contributed by atoms with van der Waals surface area (Å²) >= 11 is 1.44.